The summed E-state index contributed by atoms with van der Waals surface area (Å²) in [6, 6.07) is 8.76. The third-order valence-electron chi connectivity index (χ3n) is 4.64. The van der Waals surface area contributed by atoms with E-state index in [-0.39, 0.29) is 5.54 Å². The number of anilines is 1. The first-order valence-corrected chi connectivity index (χ1v) is 9.00. The molecule has 6 heteroatoms. The van der Waals surface area contributed by atoms with E-state index in [1.54, 1.807) is 7.11 Å². The molecule has 0 aliphatic carbocycles. The van der Waals surface area contributed by atoms with Gasteiger partial charge in [-0.15, -0.1) is 5.10 Å². The van der Waals surface area contributed by atoms with E-state index in [4.69, 9.17) is 4.74 Å². The molecule has 3 rings (SSSR count). The van der Waals surface area contributed by atoms with Crippen LogP contribution in [-0.2, 0) is 12.1 Å². The van der Waals surface area contributed by atoms with Crippen LogP contribution in [-0.4, -0.2) is 41.2 Å². The maximum atomic E-state index is 5.35. The van der Waals surface area contributed by atoms with Crippen molar-refractivity contribution in [3.8, 4) is 5.75 Å². The largest absolute Gasteiger partial charge is 0.497 e. The lowest BCUT2D eigenvalue weighted by molar-refractivity contribution is 0.346. The normalized spacial score (nSPS) is 18.4. The number of ether oxygens (including phenoxy) is 1. The molecule has 1 saturated heterocycles. The SMILES string of the molecule is COc1cccc(N2CCC[C@@H](NCc3cn(C(C)(C)C)nn3)C2)c1. The molecule has 25 heavy (non-hydrogen) atoms. The van der Waals surface area contributed by atoms with E-state index in [0.717, 1.165) is 31.1 Å². The minimum Gasteiger partial charge on any atom is -0.497 e. The van der Waals surface area contributed by atoms with E-state index in [2.05, 4.69) is 59.5 Å². The molecule has 136 valence electrons. The molecular weight excluding hydrogens is 314 g/mol. The quantitative estimate of drug-likeness (QED) is 0.905. The molecule has 1 aromatic heterocycles. The van der Waals surface area contributed by atoms with Crippen molar-refractivity contribution >= 4 is 5.69 Å². The molecule has 6 nitrogen and oxygen atoms in total. The summed E-state index contributed by atoms with van der Waals surface area (Å²) in [5, 5.41) is 12.2. The minimum atomic E-state index is -0.0285. The number of methoxy groups -OCH3 is 1. The van der Waals surface area contributed by atoms with Crippen LogP contribution in [0.4, 0.5) is 5.69 Å². The number of nitrogens with one attached hydrogen (secondary N) is 1. The van der Waals surface area contributed by atoms with Gasteiger partial charge in [-0.25, -0.2) is 4.68 Å². The average molecular weight is 343 g/mol. The standard InChI is InChI=1S/C19H29N5O/c1-19(2,3)24-14-16(21-22-24)12-20-15-7-6-10-23(13-15)17-8-5-9-18(11-17)25-4/h5,8-9,11,14-15,20H,6-7,10,12-13H2,1-4H3/t15-/m1/s1. The van der Waals surface area contributed by atoms with E-state index >= 15 is 0 Å². The molecule has 1 N–H and O–H groups in total. The van der Waals surface area contributed by atoms with E-state index in [9.17, 15) is 0 Å². The number of piperidine rings is 1. The van der Waals surface area contributed by atoms with Crippen molar-refractivity contribution in [1.29, 1.82) is 0 Å². The van der Waals surface area contributed by atoms with Crippen molar-refractivity contribution in [3.63, 3.8) is 0 Å². The van der Waals surface area contributed by atoms with Crippen molar-refractivity contribution in [1.82, 2.24) is 20.3 Å². The van der Waals surface area contributed by atoms with Gasteiger partial charge in [-0.3, -0.25) is 0 Å². The Labute approximate surface area is 150 Å². The maximum Gasteiger partial charge on any atom is 0.120 e. The fourth-order valence-corrected chi connectivity index (χ4v) is 3.14. The highest BCUT2D eigenvalue weighted by atomic mass is 16.5. The molecular formula is C19H29N5O. The monoisotopic (exact) mass is 343 g/mol. The zero-order chi connectivity index (χ0) is 17.9. The number of aromatic nitrogens is 3. The zero-order valence-corrected chi connectivity index (χ0v) is 15.7. The molecule has 2 heterocycles. The topological polar surface area (TPSA) is 55.2 Å². The third kappa shape index (κ3) is 4.51. The van der Waals surface area contributed by atoms with Crippen LogP contribution in [0, 0.1) is 0 Å². The van der Waals surface area contributed by atoms with Gasteiger partial charge in [0.05, 0.1) is 24.5 Å². The van der Waals surface area contributed by atoms with Crippen molar-refractivity contribution in [3.05, 3.63) is 36.2 Å². The van der Waals surface area contributed by atoms with Crippen molar-refractivity contribution < 1.29 is 4.74 Å². The number of hydrogen-bond donors (Lipinski definition) is 1. The van der Waals surface area contributed by atoms with E-state index in [1.807, 2.05) is 16.9 Å². The second kappa shape index (κ2) is 7.44. The van der Waals surface area contributed by atoms with Gasteiger partial charge in [0.25, 0.3) is 0 Å². The lowest BCUT2D eigenvalue weighted by Crippen LogP contribution is -2.45. The van der Waals surface area contributed by atoms with E-state index in [1.165, 1.54) is 18.5 Å². The van der Waals surface area contributed by atoms with Crippen LogP contribution in [0.25, 0.3) is 0 Å². The second-order valence-electron chi connectivity index (χ2n) is 7.69. The van der Waals surface area contributed by atoms with Gasteiger partial charge in [0, 0.05) is 37.4 Å². The van der Waals surface area contributed by atoms with Gasteiger partial charge in [0.15, 0.2) is 0 Å². The summed E-state index contributed by atoms with van der Waals surface area (Å²) in [7, 11) is 1.71. The highest BCUT2D eigenvalue weighted by Crippen LogP contribution is 2.24. The van der Waals surface area contributed by atoms with Gasteiger partial charge in [-0.2, -0.15) is 0 Å². The van der Waals surface area contributed by atoms with E-state index in [0.29, 0.717) is 6.04 Å². The Morgan fingerprint density at radius 1 is 1.32 bits per heavy atom. The van der Waals surface area contributed by atoms with Crippen LogP contribution in [0.5, 0.6) is 5.75 Å². The molecule has 0 saturated carbocycles. The number of rotatable bonds is 5. The first-order valence-electron chi connectivity index (χ1n) is 9.00. The predicted octanol–water partition coefficient (Wildman–Crippen LogP) is 2.80. The fraction of sp³-hybridized carbons (Fsp3) is 0.579. The summed E-state index contributed by atoms with van der Waals surface area (Å²) in [5.74, 6) is 0.909. The minimum absolute atomic E-state index is 0.0285. The Hall–Kier alpha value is -2.08. The van der Waals surface area contributed by atoms with Gasteiger partial charge in [0.2, 0.25) is 0 Å². The molecule has 0 bridgehead atoms. The Kier molecular flexibility index (Phi) is 5.27. The molecule has 0 radical (unpaired) electrons. The number of hydrogen-bond acceptors (Lipinski definition) is 5. The van der Waals surface area contributed by atoms with Gasteiger partial charge < -0.3 is 15.0 Å². The predicted molar refractivity (Wildman–Crippen MR) is 100 cm³/mol. The fourth-order valence-electron chi connectivity index (χ4n) is 3.14. The molecule has 1 aromatic carbocycles. The van der Waals surface area contributed by atoms with Crippen LogP contribution in [0.1, 0.15) is 39.3 Å². The van der Waals surface area contributed by atoms with Gasteiger partial charge in [-0.1, -0.05) is 11.3 Å². The van der Waals surface area contributed by atoms with Gasteiger partial charge >= 0.3 is 0 Å². The average Bonchev–Trinajstić information content (AvgIpc) is 3.10. The van der Waals surface area contributed by atoms with Crippen molar-refractivity contribution in [2.24, 2.45) is 0 Å². The summed E-state index contributed by atoms with van der Waals surface area (Å²) in [6.45, 7) is 9.24. The molecule has 1 aliphatic heterocycles. The number of nitrogens with zero attached hydrogens (tertiary/aromatic N) is 4. The van der Waals surface area contributed by atoms with Crippen LogP contribution in [0.3, 0.4) is 0 Å². The Morgan fingerprint density at radius 2 is 2.16 bits per heavy atom. The molecule has 1 atom stereocenters. The summed E-state index contributed by atoms with van der Waals surface area (Å²) in [6.07, 6.45) is 4.41. The van der Waals surface area contributed by atoms with Crippen molar-refractivity contribution in [2.45, 2.75) is 51.7 Å². The van der Waals surface area contributed by atoms with Crippen LogP contribution in [0.15, 0.2) is 30.5 Å². The Bertz CT molecular complexity index is 691. The Morgan fingerprint density at radius 3 is 2.88 bits per heavy atom. The molecule has 0 unspecified atom stereocenters. The summed E-state index contributed by atoms with van der Waals surface area (Å²) >= 11 is 0. The smallest absolute Gasteiger partial charge is 0.120 e. The first kappa shape index (κ1) is 17.7. The molecule has 1 aliphatic rings. The van der Waals surface area contributed by atoms with Gasteiger partial charge in [-0.05, 0) is 45.7 Å². The van der Waals surface area contributed by atoms with E-state index < -0.39 is 0 Å². The third-order valence-corrected chi connectivity index (χ3v) is 4.64. The lowest BCUT2D eigenvalue weighted by Gasteiger charge is -2.35. The summed E-state index contributed by atoms with van der Waals surface area (Å²) in [5.41, 5.74) is 2.19. The Balaban J connectivity index is 1.57. The molecule has 2 aromatic rings. The highest BCUT2D eigenvalue weighted by molar-refractivity contribution is 5.51. The molecule has 0 spiro atoms. The van der Waals surface area contributed by atoms with Crippen LogP contribution in [0.2, 0.25) is 0 Å². The molecule has 1 fully saturated rings. The van der Waals surface area contributed by atoms with Crippen LogP contribution < -0.4 is 15.0 Å². The van der Waals surface area contributed by atoms with Gasteiger partial charge in [0.1, 0.15) is 5.75 Å². The molecule has 0 amide bonds. The lowest BCUT2D eigenvalue weighted by atomic mass is 10.0. The first-order chi connectivity index (χ1) is 12.0. The second-order valence-corrected chi connectivity index (χ2v) is 7.69. The number of benzene rings is 1. The maximum absolute atomic E-state index is 5.35. The van der Waals surface area contributed by atoms with Crippen LogP contribution >= 0.6 is 0 Å². The summed E-state index contributed by atoms with van der Waals surface area (Å²) < 4.78 is 7.27. The van der Waals surface area contributed by atoms with Crippen molar-refractivity contribution in [2.75, 3.05) is 25.1 Å². The highest BCUT2D eigenvalue weighted by Gasteiger charge is 2.21. The summed E-state index contributed by atoms with van der Waals surface area (Å²) in [4.78, 5) is 2.43. The zero-order valence-electron chi connectivity index (χ0n) is 15.7.